The van der Waals surface area contributed by atoms with Gasteiger partial charge in [0.25, 0.3) is 0 Å². The third kappa shape index (κ3) is 5.20. The van der Waals surface area contributed by atoms with Gasteiger partial charge in [0.2, 0.25) is 0 Å². The van der Waals surface area contributed by atoms with Crippen molar-refractivity contribution < 1.29 is 9.84 Å². The second kappa shape index (κ2) is 7.88. The maximum Gasteiger partial charge on any atom is 0.122 e. The number of ether oxygens (including phenoxy) is 1. The van der Waals surface area contributed by atoms with Gasteiger partial charge in [0.15, 0.2) is 0 Å². The number of hydrogen-bond donors (Lipinski definition) is 1. The van der Waals surface area contributed by atoms with Crippen molar-refractivity contribution in [1.29, 1.82) is 5.26 Å². The van der Waals surface area contributed by atoms with Crippen molar-refractivity contribution in [3.63, 3.8) is 0 Å². The number of aryl methyl sites for hydroxylation is 2. The number of nitrogens with zero attached hydrogens (tertiary/aromatic N) is 2. The van der Waals surface area contributed by atoms with Crippen molar-refractivity contribution in [2.45, 2.75) is 39.3 Å². The van der Waals surface area contributed by atoms with Gasteiger partial charge in [-0.1, -0.05) is 17.7 Å². The third-order valence-electron chi connectivity index (χ3n) is 3.40. The summed E-state index contributed by atoms with van der Waals surface area (Å²) in [5.74, 6) is 0.808. The molecular weight excluding hydrogens is 252 g/mol. The van der Waals surface area contributed by atoms with E-state index in [4.69, 9.17) is 10.00 Å². The number of hydrogen-bond acceptors (Lipinski definition) is 4. The van der Waals surface area contributed by atoms with Gasteiger partial charge < -0.3 is 9.84 Å². The molecule has 4 nitrogen and oxygen atoms in total. The predicted molar refractivity (Wildman–Crippen MR) is 79.7 cm³/mol. The van der Waals surface area contributed by atoms with Crippen molar-refractivity contribution in [3.05, 3.63) is 29.3 Å². The van der Waals surface area contributed by atoms with Crippen LogP contribution in [0.2, 0.25) is 0 Å². The zero-order valence-electron chi connectivity index (χ0n) is 12.8. The first-order chi connectivity index (χ1) is 9.43. The Bertz CT molecular complexity index is 468. The average Bonchev–Trinajstić information content (AvgIpc) is 2.37. The highest BCUT2D eigenvalue weighted by atomic mass is 16.5. The van der Waals surface area contributed by atoms with E-state index in [0.29, 0.717) is 13.0 Å². The van der Waals surface area contributed by atoms with Crippen molar-refractivity contribution >= 4 is 0 Å². The molecule has 1 N–H and O–H groups in total. The van der Waals surface area contributed by atoms with E-state index in [1.807, 2.05) is 44.9 Å². The molecule has 0 aliphatic heterocycles. The minimum absolute atomic E-state index is 0.135. The summed E-state index contributed by atoms with van der Waals surface area (Å²) in [7, 11) is 1.91. The molecule has 0 bridgehead atoms. The van der Waals surface area contributed by atoms with E-state index in [0.717, 1.165) is 11.3 Å². The lowest BCUT2D eigenvalue weighted by atomic mass is 10.1. The second-order valence-electron chi connectivity index (χ2n) is 5.38. The van der Waals surface area contributed by atoms with Gasteiger partial charge in [-0.05, 0) is 39.4 Å². The van der Waals surface area contributed by atoms with E-state index in [1.54, 1.807) is 0 Å². The van der Waals surface area contributed by atoms with Gasteiger partial charge in [-0.3, -0.25) is 4.90 Å². The molecule has 0 saturated heterocycles. The molecule has 0 spiro atoms. The summed E-state index contributed by atoms with van der Waals surface area (Å²) < 4.78 is 5.65. The maximum absolute atomic E-state index is 9.99. The van der Waals surface area contributed by atoms with Crippen LogP contribution in [-0.2, 0) is 0 Å². The molecule has 1 aromatic carbocycles. The maximum atomic E-state index is 9.99. The SMILES string of the molecule is Cc1ccc(OCC(O)CN(C)C(C)CC#N)c(C)c1. The van der Waals surface area contributed by atoms with E-state index >= 15 is 0 Å². The van der Waals surface area contributed by atoms with Crippen LogP contribution in [0.4, 0.5) is 0 Å². The van der Waals surface area contributed by atoms with Gasteiger partial charge in [0.05, 0.1) is 12.5 Å². The number of aliphatic hydroxyl groups is 1. The average molecular weight is 276 g/mol. The van der Waals surface area contributed by atoms with Crippen LogP contribution < -0.4 is 4.74 Å². The van der Waals surface area contributed by atoms with E-state index in [1.165, 1.54) is 5.56 Å². The highest BCUT2D eigenvalue weighted by molar-refractivity contribution is 5.35. The Balaban J connectivity index is 2.43. The first kappa shape index (κ1) is 16.5. The van der Waals surface area contributed by atoms with Crippen molar-refractivity contribution in [2.24, 2.45) is 0 Å². The van der Waals surface area contributed by atoms with Crippen LogP contribution in [-0.4, -0.2) is 42.4 Å². The van der Waals surface area contributed by atoms with E-state index in [2.05, 4.69) is 12.1 Å². The summed E-state index contributed by atoms with van der Waals surface area (Å²) in [6.07, 6.45) is -0.108. The molecule has 0 aromatic heterocycles. The molecule has 110 valence electrons. The van der Waals surface area contributed by atoms with Gasteiger partial charge in [-0.25, -0.2) is 0 Å². The number of likely N-dealkylation sites (N-methyl/N-ethyl adjacent to an activating group) is 1. The van der Waals surface area contributed by atoms with Crippen LogP contribution >= 0.6 is 0 Å². The van der Waals surface area contributed by atoms with Crippen LogP contribution in [0.5, 0.6) is 5.75 Å². The Morgan fingerprint density at radius 1 is 1.40 bits per heavy atom. The highest BCUT2D eigenvalue weighted by Crippen LogP contribution is 2.18. The summed E-state index contributed by atoms with van der Waals surface area (Å²) >= 11 is 0. The first-order valence-electron chi connectivity index (χ1n) is 6.89. The van der Waals surface area contributed by atoms with Crippen LogP contribution in [0, 0.1) is 25.2 Å². The van der Waals surface area contributed by atoms with Gasteiger partial charge in [0.1, 0.15) is 18.5 Å². The van der Waals surface area contributed by atoms with E-state index in [-0.39, 0.29) is 12.6 Å². The Labute approximate surface area is 121 Å². The fourth-order valence-corrected chi connectivity index (χ4v) is 2.00. The lowest BCUT2D eigenvalue weighted by Crippen LogP contribution is -2.38. The molecule has 0 aliphatic rings. The minimum atomic E-state index is -0.568. The molecule has 0 fully saturated rings. The predicted octanol–water partition coefficient (Wildman–Crippen LogP) is 2.28. The zero-order chi connectivity index (χ0) is 15.1. The van der Waals surface area contributed by atoms with Crippen LogP contribution in [0.25, 0.3) is 0 Å². The lowest BCUT2D eigenvalue weighted by molar-refractivity contribution is 0.0658. The molecule has 2 unspecified atom stereocenters. The van der Waals surface area contributed by atoms with E-state index in [9.17, 15) is 5.11 Å². The Morgan fingerprint density at radius 3 is 2.70 bits per heavy atom. The smallest absolute Gasteiger partial charge is 0.122 e. The molecule has 0 radical (unpaired) electrons. The molecule has 0 amide bonds. The molecule has 0 heterocycles. The molecule has 20 heavy (non-hydrogen) atoms. The lowest BCUT2D eigenvalue weighted by Gasteiger charge is -2.25. The number of aliphatic hydroxyl groups excluding tert-OH is 1. The summed E-state index contributed by atoms with van der Waals surface area (Å²) in [4.78, 5) is 1.97. The second-order valence-corrected chi connectivity index (χ2v) is 5.38. The molecule has 0 aliphatic carbocycles. The molecule has 4 heteroatoms. The van der Waals surface area contributed by atoms with Gasteiger partial charge in [0, 0.05) is 12.6 Å². The van der Waals surface area contributed by atoms with Gasteiger partial charge in [-0.2, -0.15) is 5.26 Å². The zero-order valence-corrected chi connectivity index (χ0v) is 12.8. The monoisotopic (exact) mass is 276 g/mol. The van der Waals surface area contributed by atoms with Crippen LogP contribution in [0.3, 0.4) is 0 Å². The third-order valence-corrected chi connectivity index (χ3v) is 3.40. The standard InChI is InChI=1S/C16H24N2O2/c1-12-5-6-16(13(2)9-12)20-11-15(19)10-18(4)14(3)7-8-17/h5-6,9,14-15,19H,7,10-11H2,1-4H3. The fourth-order valence-electron chi connectivity index (χ4n) is 2.00. The van der Waals surface area contributed by atoms with Crippen molar-refractivity contribution in [3.8, 4) is 11.8 Å². The van der Waals surface area contributed by atoms with Crippen molar-refractivity contribution in [2.75, 3.05) is 20.2 Å². The molecule has 2 atom stereocenters. The summed E-state index contributed by atoms with van der Waals surface area (Å²) in [5, 5.41) is 18.7. The number of benzene rings is 1. The number of rotatable bonds is 7. The fraction of sp³-hybridized carbons (Fsp3) is 0.562. The van der Waals surface area contributed by atoms with E-state index < -0.39 is 6.10 Å². The Hall–Kier alpha value is -1.57. The van der Waals surface area contributed by atoms with Crippen LogP contribution in [0.15, 0.2) is 18.2 Å². The molecule has 1 rings (SSSR count). The highest BCUT2D eigenvalue weighted by Gasteiger charge is 2.14. The summed E-state index contributed by atoms with van der Waals surface area (Å²) in [6, 6.07) is 8.26. The topological polar surface area (TPSA) is 56.5 Å². The minimum Gasteiger partial charge on any atom is -0.491 e. The van der Waals surface area contributed by atoms with Gasteiger partial charge >= 0.3 is 0 Å². The first-order valence-corrected chi connectivity index (χ1v) is 6.89. The molecule has 1 aromatic rings. The summed E-state index contributed by atoms with van der Waals surface area (Å²) in [5.41, 5.74) is 2.27. The molecule has 0 saturated carbocycles. The Morgan fingerprint density at radius 2 is 2.10 bits per heavy atom. The van der Waals surface area contributed by atoms with Crippen molar-refractivity contribution in [1.82, 2.24) is 4.90 Å². The molecular formula is C16H24N2O2. The summed E-state index contributed by atoms with van der Waals surface area (Å²) in [6.45, 7) is 6.76. The van der Waals surface area contributed by atoms with Crippen LogP contribution in [0.1, 0.15) is 24.5 Å². The normalized spacial score (nSPS) is 13.8. The number of nitriles is 1. The quantitative estimate of drug-likeness (QED) is 0.830. The largest absolute Gasteiger partial charge is 0.491 e. The Kier molecular flexibility index (Phi) is 6.50. The van der Waals surface area contributed by atoms with Gasteiger partial charge in [-0.15, -0.1) is 0 Å².